The van der Waals surface area contributed by atoms with Crippen molar-refractivity contribution in [2.24, 2.45) is 11.1 Å². The Morgan fingerprint density at radius 1 is 1.29 bits per heavy atom. The second-order valence-corrected chi connectivity index (χ2v) is 4.15. The first kappa shape index (κ1) is 14.5. The molecule has 2 unspecified atom stereocenters. The van der Waals surface area contributed by atoms with Crippen molar-refractivity contribution < 1.29 is 4.74 Å². The molecule has 5 heteroatoms. The van der Waals surface area contributed by atoms with E-state index in [0.29, 0.717) is 5.41 Å². The lowest BCUT2D eigenvalue weighted by molar-refractivity contribution is 0.0952. The number of halogens is 2. The highest BCUT2D eigenvalue weighted by Gasteiger charge is 2.46. The van der Waals surface area contributed by atoms with E-state index in [-0.39, 0.29) is 37.0 Å². The molecule has 0 radical (unpaired) electrons. The van der Waals surface area contributed by atoms with Gasteiger partial charge in [-0.2, -0.15) is 0 Å². The largest absolute Gasteiger partial charge is 0.376 e. The van der Waals surface area contributed by atoms with Crippen molar-refractivity contribution >= 4 is 24.8 Å². The summed E-state index contributed by atoms with van der Waals surface area (Å²) in [5.74, 6) is 0. The highest BCUT2D eigenvalue weighted by atomic mass is 35.5. The van der Waals surface area contributed by atoms with E-state index in [1.807, 2.05) is 0 Å². The summed E-state index contributed by atoms with van der Waals surface area (Å²) in [6.07, 6.45) is 2.61. The van der Waals surface area contributed by atoms with E-state index in [2.05, 4.69) is 12.2 Å². The first-order chi connectivity index (χ1) is 5.75. The molecule has 0 saturated carbocycles. The van der Waals surface area contributed by atoms with E-state index in [1.165, 1.54) is 12.8 Å². The third kappa shape index (κ3) is 2.34. The minimum absolute atomic E-state index is 0. The van der Waals surface area contributed by atoms with Gasteiger partial charge in [-0.25, -0.2) is 0 Å². The number of hydrogen-bond donors (Lipinski definition) is 2. The van der Waals surface area contributed by atoms with Crippen LogP contribution in [0.4, 0.5) is 0 Å². The van der Waals surface area contributed by atoms with Crippen molar-refractivity contribution in [3.8, 4) is 0 Å². The molecule has 2 fully saturated rings. The Labute approximate surface area is 98.0 Å². The fourth-order valence-electron chi connectivity index (χ4n) is 2.40. The van der Waals surface area contributed by atoms with Crippen molar-refractivity contribution in [3.05, 3.63) is 0 Å². The lowest BCUT2D eigenvalue weighted by Crippen LogP contribution is -2.49. The maximum absolute atomic E-state index is 6.14. The molecular formula is C9H20Cl2N2O. The van der Waals surface area contributed by atoms with Crippen LogP contribution in [0.1, 0.15) is 19.8 Å². The van der Waals surface area contributed by atoms with Gasteiger partial charge in [0.25, 0.3) is 0 Å². The van der Waals surface area contributed by atoms with Crippen molar-refractivity contribution in [2.45, 2.75) is 31.9 Å². The molecule has 2 saturated heterocycles. The van der Waals surface area contributed by atoms with Gasteiger partial charge in [-0.1, -0.05) is 0 Å². The van der Waals surface area contributed by atoms with Crippen molar-refractivity contribution in [2.75, 3.05) is 19.7 Å². The Kier molecular flexibility index (Phi) is 5.70. The smallest absolute Gasteiger partial charge is 0.0704 e. The molecule has 0 aromatic carbocycles. The fourth-order valence-corrected chi connectivity index (χ4v) is 2.40. The van der Waals surface area contributed by atoms with Crippen molar-refractivity contribution in [3.63, 3.8) is 0 Å². The molecule has 2 aliphatic heterocycles. The van der Waals surface area contributed by atoms with E-state index >= 15 is 0 Å². The summed E-state index contributed by atoms with van der Waals surface area (Å²) in [6.45, 7) is 5.16. The van der Waals surface area contributed by atoms with Crippen LogP contribution in [0.15, 0.2) is 0 Å². The van der Waals surface area contributed by atoms with E-state index in [9.17, 15) is 0 Å². The molecule has 3 N–H and O–H groups in total. The van der Waals surface area contributed by atoms with E-state index in [1.54, 1.807) is 0 Å². The quantitative estimate of drug-likeness (QED) is 0.665. The number of rotatable bonds is 0. The Hall–Kier alpha value is 0.460. The molecule has 14 heavy (non-hydrogen) atoms. The zero-order chi connectivity index (χ0) is 8.60. The summed E-state index contributed by atoms with van der Waals surface area (Å²) in [7, 11) is 0. The maximum atomic E-state index is 6.14. The highest BCUT2D eigenvalue weighted by molar-refractivity contribution is 5.85. The number of piperidine rings is 1. The molecule has 0 aromatic heterocycles. The van der Waals surface area contributed by atoms with Crippen LogP contribution < -0.4 is 11.1 Å². The maximum Gasteiger partial charge on any atom is 0.0704 e. The molecule has 2 aliphatic rings. The van der Waals surface area contributed by atoms with Gasteiger partial charge in [0.1, 0.15) is 0 Å². The van der Waals surface area contributed by atoms with Gasteiger partial charge in [0.15, 0.2) is 0 Å². The minimum atomic E-state index is 0. The number of nitrogens with one attached hydrogen (secondary N) is 1. The minimum Gasteiger partial charge on any atom is -0.376 e. The number of nitrogens with two attached hydrogens (primary N) is 1. The van der Waals surface area contributed by atoms with Crippen LogP contribution in [0.2, 0.25) is 0 Å². The van der Waals surface area contributed by atoms with Crippen LogP contribution in [0.3, 0.4) is 0 Å². The predicted molar refractivity (Wildman–Crippen MR) is 62.4 cm³/mol. The molecule has 2 heterocycles. The van der Waals surface area contributed by atoms with Crippen molar-refractivity contribution in [1.82, 2.24) is 5.32 Å². The molecule has 0 bridgehead atoms. The van der Waals surface area contributed by atoms with Gasteiger partial charge in [0.2, 0.25) is 0 Å². The predicted octanol–water partition coefficient (Wildman–Crippen LogP) is 0.946. The Morgan fingerprint density at radius 2 is 1.86 bits per heavy atom. The molecule has 86 valence electrons. The average molecular weight is 243 g/mol. The second-order valence-electron chi connectivity index (χ2n) is 4.15. The van der Waals surface area contributed by atoms with Gasteiger partial charge >= 0.3 is 0 Å². The summed E-state index contributed by atoms with van der Waals surface area (Å²) in [5, 5.41) is 3.36. The average Bonchev–Trinajstić information content (AvgIpc) is 2.37. The highest BCUT2D eigenvalue weighted by Crippen LogP contribution is 2.39. The van der Waals surface area contributed by atoms with Crippen LogP contribution in [0, 0.1) is 5.41 Å². The van der Waals surface area contributed by atoms with Crippen molar-refractivity contribution in [1.29, 1.82) is 0 Å². The third-order valence-electron chi connectivity index (χ3n) is 3.45. The van der Waals surface area contributed by atoms with Gasteiger partial charge in [0, 0.05) is 11.5 Å². The Bertz CT molecular complexity index is 169. The summed E-state index contributed by atoms with van der Waals surface area (Å²) in [6, 6.07) is 0.250. The van der Waals surface area contributed by atoms with Crippen LogP contribution in [0.5, 0.6) is 0 Å². The van der Waals surface area contributed by atoms with E-state index in [4.69, 9.17) is 10.5 Å². The van der Waals surface area contributed by atoms with Gasteiger partial charge in [0.05, 0.1) is 12.7 Å². The van der Waals surface area contributed by atoms with E-state index in [0.717, 1.165) is 19.7 Å². The SMILES string of the molecule is CC1OCC2(CCNCC2)C1N.Cl.Cl. The molecule has 2 atom stereocenters. The summed E-state index contributed by atoms with van der Waals surface area (Å²) < 4.78 is 5.61. The lowest BCUT2D eigenvalue weighted by atomic mass is 9.74. The normalized spacial score (nSPS) is 34.7. The van der Waals surface area contributed by atoms with Crippen LogP contribution in [0.25, 0.3) is 0 Å². The Morgan fingerprint density at radius 3 is 2.29 bits per heavy atom. The molecule has 2 rings (SSSR count). The lowest BCUT2D eigenvalue weighted by Gasteiger charge is -2.36. The molecule has 1 spiro atoms. The van der Waals surface area contributed by atoms with Crippen LogP contribution >= 0.6 is 24.8 Å². The van der Waals surface area contributed by atoms with Gasteiger partial charge in [-0.15, -0.1) is 24.8 Å². The second kappa shape index (κ2) is 5.52. The first-order valence-electron chi connectivity index (χ1n) is 4.82. The Balaban J connectivity index is 0.000000845. The van der Waals surface area contributed by atoms with Gasteiger partial charge < -0.3 is 15.8 Å². The molecule has 0 aromatic rings. The monoisotopic (exact) mass is 242 g/mol. The molecule has 0 amide bonds. The van der Waals surface area contributed by atoms with Crippen LogP contribution in [-0.2, 0) is 4.74 Å². The van der Waals surface area contributed by atoms with Gasteiger partial charge in [-0.3, -0.25) is 0 Å². The van der Waals surface area contributed by atoms with E-state index < -0.39 is 0 Å². The summed E-state index contributed by atoms with van der Waals surface area (Å²) in [5.41, 5.74) is 6.43. The molecular weight excluding hydrogens is 223 g/mol. The number of ether oxygens (including phenoxy) is 1. The standard InChI is InChI=1S/C9H18N2O.2ClH/c1-7-8(10)9(6-12-7)2-4-11-5-3-9;;/h7-8,11H,2-6,10H2,1H3;2*1H. The molecule has 3 nitrogen and oxygen atoms in total. The number of hydrogen-bond acceptors (Lipinski definition) is 3. The van der Waals surface area contributed by atoms with Gasteiger partial charge in [-0.05, 0) is 32.9 Å². The zero-order valence-corrected chi connectivity index (χ0v) is 10.1. The first-order valence-corrected chi connectivity index (χ1v) is 4.82. The fraction of sp³-hybridized carbons (Fsp3) is 1.00. The molecule has 0 aliphatic carbocycles. The summed E-state index contributed by atoms with van der Waals surface area (Å²) >= 11 is 0. The topological polar surface area (TPSA) is 47.3 Å². The summed E-state index contributed by atoms with van der Waals surface area (Å²) in [4.78, 5) is 0. The van der Waals surface area contributed by atoms with Crippen LogP contribution in [-0.4, -0.2) is 31.8 Å². The third-order valence-corrected chi connectivity index (χ3v) is 3.45. The zero-order valence-electron chi connectivity index (χ0n) is 8.49.